The Morgan fingerprint density at radius 2 is 1.67 bits per heavy atom. The molecule has 1 fully saturated rings. The number of aromatic nitrogens is 3. The molecule has 0 spiro atoms. The summed E-state index contributed by atoms with van der Waals surface area (Å²) >= 11 is 0. The molecule has 2 amide bonds. The molecule has 1 atom stereocenters. The molecule has 5 rings (SSSR count). The number of methoxy groups -OCH3 is 2. The maximum atomic E-state index is 14.2. The van der Waals surface area contributed by atoms with Crippen molar-refractivity contribution in [2.75, 3.05) is 19.1 Å². The van der Waals surface area contributed by atoms with Gasteiger partial charge in [-0.25, -0.2) is 4.68 Å². The molecule has 0 aliphatic heterocycles. The van der Waals surface area contributed by atoms with Crippen LogP contribution in [0, 0.1) is 0 Å². The summed E-state index contributed by atoms with van der Waals surface area (Å²) in [5, 5.41) is 11.7. The number of carbonyl (C=O) groups excluding carboxylic acids is 2. The van der Waals surface area contributed by atoms with Crippen molar-refractivity contribution in [3.05, 3.63) is 78.4 Å². The van der Waals surface area contributed by atoms with Crippen LogP contribution in [0.2, 0.25) is 0 Å². The molecule has 9 heteroatoms. The summed E-state index contributed by atoms with van der Waals surface area (Å²) in [5.74, 6) is 0.622. The molecule has 1 saturated carbocycles. The minimum atomic E-state index is -0.948. The lowest BCUT2D eigenvalue weighted by molar-refractivity contribution is -0.127. The first-order valence-corrected chi connectivity index (χ1v) is 13.3. The minimum Gasteiger partial charge on any atom is -0.497 e. The van der Waals surface area contributed by atoms with Crippen molar-refractivity contribution < 1.29 is 19.1 Å². The zero-order chi connectivity index (χ0) is 27.2. The number of anilines is 1. The zero-order valence-electron chi connectivity index (χ0n) is 22.2. The van der Waals surface area contributed by atoms with Crippen molar-refractivity contribution in [2.45, 2.75) is 50.7 Å². The zero-order valence-corrected chi connectivity index (χ0v) is 22.2. The van der Waals surface area contributed by atoms with Gasteiger partial charge in [-0.1, -0.05) is 54.8 Å². The minimum absolute atomic E-state index is 0.0703. The molecule has 39 heavy (non-hydrogen) atoms. The van der Waals surface area contributed by atoms with Crippen LogP contribution in [0.1, 0.15) is 43.7 Å². The van der Waals surface area contributed by atoms with Gasteiger partial charge in [0.05, 0.1) is 19.7 Å². The fraction of sp³-hybridized carbons (Fsp3) is 0.333. The number of nitrogens with zero attached hydrogens (tertiary/aromatic N) is 4. The number of ether oxygens (including phenoxy) is 2. The molecule has 1 heterocycles. The van der Waals surface area contributed by atoms with Crippen LogP contribution in [0.15, 0.2) is 72.8 Å². The smallest absolute Gasteiger partial charge is 0.249 e. The van der Waals surface area contributed by atoms with Crippen LogP contribution in [-0.2, 0) is 16.1 Å². The Morgan fingerprint density at radius 3 is 2.44 bits per heavy atom. The summed E-state index contributed by atoms with van der Waals surface area (Å²) in [5.41, 5.74) is 2.61. The molecule has 0 saturated heterocycles. The Balaban J connectivity index is 1.59. The van der Waals surface area contributed by atoms with Crippen LogP contribution in [0.3, 0.4) is 0 Å². The molecular formula is C30H33N5O4. The Labute approximate surface area is 227 Å². The van der Waals surface area contributed by atoms with Gasteiger partial charge in [-0.2, -0.15) is 0 Å². The highest BCUT2D eigenvalue weighted by Crippen LogP contribution is 2.33. The fourth-order valence-electron chi connectivity index (χ4n) is 5.19. The molecule has 3 aromatic carbocycles. The van der Waals surface area contributed by atoms with E-state index in [0.29, 0.717) is 28.3 Å². The number of benzene rings is 3. The predicted octanol–water partition coefficient (Wildman–Crippen LogP) is 4.67. The third-order valence-electron chi connectivity index (χ3n) is 7.17. The summed E-state index contributed by atoms with van der Waals surface area (Å²) in [6, 6.07) is 21.1. The lowest BCUT2D eigenvalue weighted by atomic mass is 9.94. The van der Waals surface area contributed by atoms with Crippen molar-refractivity contribution in [3.63, 3.8) is 0 Å². The molecular weight excluding hydrogens is 494 g/mol. The molecule has 1 unspecified atom stereocenters. The Kier molecular flexibility index (Phi) is 8.05. The number of amides is 2. The molecule has 1 aromatic heterocycles. The van der Waals surface area contributed by atoms with E-state index in [0.717, 1.165) is 31.2 Å². The first-order chi connectivity index (χ1) is 19.1. The molecule has 1 aliphatic carbocycles. The van der Waals surface area contributed by atoms with Gasteiger partial charge in [-0.3, -0.25) is 14.5 Å². The van der Waals surface area contributed by atoms with E-state index in [9.17, 15) is 9.59 Å². The normalized spacial score (nSPS) is 14.5. The summed E-state index contributed by atoms with van der Waals surface area (Å²) < 4.78 is 12.5. The van der Waals surface area contributed by atoms with Crippen LogP contribution in [0.5, 0.6) is 11.5 Å². The Hall–Kier alpha value is -4.40. The summed E-state index contributed by atoms with van der Waals surface area (Å²) in [7, 11) is 3.15. The topological polar surface area (TPSA) is 98.6 Å². The molecule has 202 valence electrons. The monoisotopic (exact) mass is 527 g/mol. The second kappa shape index (κ2) is 12.0. The van der Waals surface area contributed by atoms with Crippen molar-refractivity contribution in [1.29, 1.82) is 0 Å². The average molecular weight is 528 g/mol. The van der Waals surface area contributed by atoms with E-state index >= 15 is 0 Å². The highest BCUT2D eigenvalue weighted by Gasteiger charge is 2.35. The van der Waals surface area contributed by atoms with Gasteiger partial charge < -0.3 is 14.8 Å². The van der Waals surface area contributed by atoms with Gasteiger partial charge in [0.2, 0.25) is 11.8 Å². The standard InChI is InChI=1S/C30H33N5O4/c1-38-24-14-8-10-21(18-24)29(30(37)31-22-11-4-3-5-12-22)35(23-13-9-15-25(19-23)39-2)28(36)20-34-27-17-7-6-16-26(27)32-33-34/h6-10,13-19,22,29H,3-5,11-12,20H2,1-2H3,(H,31,37). The van der Waals surface area contributed by atoms with Gasteiger partial charge in [-0.05, 0) is 54.8 Å². The van der Waals surface area contributed by atoms with Gasteiger partial charge in [-0.15, -0.1) is 5.10 Å². The Morgan fingerprint density at radius 1 is 0.949 bits per heavy atom. The second-order valence-corrected chi connectivity index (χ2v) is 9.72. The number of para-hydroxylation sites is 1. The summed E-state index contributed by atoms with van der Waals surface area (Å²) in [6.07, 6.45) is 5.18. The van der Waals surface area contributed by atoms with Crippen molar-refractivity contribution >= 4 is 28.5 Å². The van der Waals surface area contributed by atoms with Crippen molar-refractivity contribution in [1.82, 2.24) is 20.3 Å². The van der Waals surface area contributed by atoms with Gasteiger partial charge in [0.25, 0.3) is 0 Å². The summed E-state index contributed by atoms with van der Waals surface area (Å²) in [6.45, 7) is -0.102. The second-order valence-electron chi connectivity index (χ2n) is 9.72. The van der Waals surface area contributed by atoms with E-state index in [1.54, 1.807) is 49.2 Å². The third-order valence-corrected chi connectivity index (χ3v) is 7.17. The third kappa shape index (κ3) is 5.87. The van der Waals surface area contributed by atoms with E-state index in [1.807, 2.05) is 42.5 Å². The molecule has 0 radical (unpaired) electrons. The number of hydrogen-bond acceptors (Lipinski definition) is 6. The predicted molar refractivity (Wildman–Crippen MR) is 149 cm³/mol. The summed E-state index contributed by atoms with van der Waals surface area (Å²) in [4.78, 5) is 29.8. The number of nitrogens with one attached hydrogen (secondary N) is 1. The largest absolute Gasteiger partial charge is 0.497 e. The average Bonchev–Trinajstić information content (AvgIpc) is 3.38. The van der Waals surface area contributed by atoms with Gasteiger partial charge >= 0.3 is 0 Å². The number of rotatable bonds is 9. The first kappa shape index (κ1) is 26.2. The Bertz CT molecular complexity index is 1450. The maximum Gasteiger partial charge on any atom is 0.249 e. The molecule has 4 aromatic rings. The first-order valence-electron chi connectivity index (χ1n) is 13.3. The molecule has 0 bridgehead atoms. The van der Waals surface area contributed by atoms with Crippen molar-refractivity contribution in [2.24, 2.45) is 0 Å². The quantitative estimate of drug-likeness (QED) is 0.340. The van der Waals surface area contributed by atoms with Crippen LogP contribution in [0.25, 0.3) is 11.0 Å². The van der Waals surface area contributed by atoms with Crippen LogP contribution in [0.4, 0.5) is 5.69 Å². The van der Waals surface area contributed by atoms with Gasteiger partial charge in [0.1, 0.15) is 29.6 Å². The van der Waals surface area contributed by atoms with Crippen molar-refractivity contribution in [3.8, 4) is 11.5 Å². The van der Waals surface area contributed by atoms with E-state index in [1.165, 1.54) is 11.3 Å². The van der Waals surface area contributed by atoms with Crippen LogP contribution < -0.4 is 19.7 Å². The SMILES string of the molecule is COc1cccc(C(C(=O)NC2CCCCC2)N(C(=O)Cn2nnc3ccccc32)c2cccc(OC)c2)c1. The highest BCUT2D eigenvalue weighted by atomic mass is 16.5. The number of hydrogen-bond donors (Lipinski definition) is 1. The van der Waals surface area contributed by atoms with E-state index in [-0.39, 0.29) is 24.4 Å². The maximum absolute atomic E-state index is 14.2. The number of fused-ring (bicyclic) bond motifs is 1. The number of carbonyl (C=O) groups is 2. The van der Waals surface area contributed by atoms with Crippen LogP contribution in [-0.4, -0.2) is 47.1 Å². The van der Waals surface area contributed by atoms with E-state index < -0.39 is 6.04 Å². The highest BCUT2D eigenvalue weighted by molar-refractivity contribution is 6.01. The van der Waals surface area contributed by atoms with E-state index in [2.05, 4.69) is 15.6 Å². The van der Waals surface area contributed by atoms with E-state index in [4.69, 9.17) is 9.47 Å². The molecule has 1 N–H and O–H groups in total. The van der Waals surface area contributed by atoms with Gasteiger partial charge in [0.15, 0.2) is 0 Å². The lowest BCUT2D eigenvalue weighted by Crippen LogP contribution is -2.48. The lowest BCUT2D eigenvalue weighted by Gasteiger charge is -2.33. The van der Waals surface area contributed by atoms with Gasteiger partial charge in [0, 0.05) is 17.8 Å². The van der Waals surface area contributed by atoms with Crippen LogP contribution >= 0.6 is 0 Å². The molecule has 9 nitrogen and oxygen atoms in total. The fourth-order valence-corrected chi connectivity index (χ4v) is 5.19. The molecule has 1 aliphatic rings.